The van der Waals surface area contributed by atoms with Crippen molar-refractivity contribution in [3.8, 4) is 0 Å². The number of aryl methyl sites for hydroxylation is 1. The van der Waals surface area contributed by atoms with Gasteiger partial charge in [0, 0.05) is 31.5 Å². The van der Waals surface area contributed by atoms with Crippen LogP contribution >= 0.6 is 0 Å². The summed E-state index contributed by atoms with van der Waals surface area (Å²) in [5.41, 5.74) is -0.490. The molecule has 188 valence electrons. The molecule has 1 amide bonds. The van der Waals surface area contributed by atoms with E-state index in [-0.39, 0.29) is 11.9 Å². The lowest BCUT2D eigenvalue weighted by atomic mass is 9.88. The minimum Gasteiger partial charge on any atom is -0.475 e. The number of rotatable bonds is 4. The third-order valence-corrected chi connectivity index (χ3v) is 5.66. The molecule has 1 spiro atoms. The largest absolute Gasteiger partial charge is 0.490 e. The molecule has 2 aliphatic rings. The van der Waals surface area contributed by atoms with Crippen molar-refractivity contribution < 1.29 is 37.0 Å². The Morgan fingerprint density at radius 1 is 1.29 bits per heavy atom. The predicted molar refractivity (Wildman–Crippen MR) is 114 cm³/mol. The number of hydrogen-bond donors (Lipinski definition) is 2. The summed E-state index contributed by atoms with van der Waals surface area (Å²) in [6, 6.07) is 4.13. The molecule has 0 aromatic carbocycles. The van der Waals surface area contributed by atoms with Crippen LogP contribution in [0.3, 0.4) is 0 Å². The maximum Gasteiger partial charge on any atom is 0.490 e. The number of carboxylic acids is 1. The molecule has 4 heterocycles. The van der Waals surface area contributed by atoms with Crippen LogP contribution in [0.15, 0.2) is 28.9 Å². The van der Waals surface area contributed by atoms with Crippen molar-refractivity contribution in [1.29, 1.82) is 0 Å². The van der Waals surface area contributed by atoms with E-state index in [4.69, 9.17) is 19.1 Å². The van der Waals surface area contributed by atoms with Crippen LogP contribution in [0.5, 0.6) is 0 Å². The number of aliphatic carboxylic acids is 1. The Bertz CT molecular complexity index is 993. The number of amides is 1. The minimum absolute atomic E-state index is 0.0442. The summed E-state index contributed by atoms with van der Waals surface area (Å²) < 4.78 is 45.9. The van der Waals surface area contributed by atoms with E-state index in [9.17, 15) is 18.0 Å². The average Bonchev–Trinajstić information content (AvgIpc) is 3.38. The Morgan fingerprint density at radius 2 is 1.94 bits per heavy atom. The van der Waals surface area contributed by atoms with Crippen LogP contribution in [-0.4, -0.2) is 62.8 Å². The number of alkyl halides is 3. The van der Waals surface area contributed by atoms with Gasteiger partial charge in [-0.2, -0.15) is 13.2 Å². The first kappa shape index (κ1) is 25.8. The zero-order valence-corrected chi connectivity index (χ0v) is 19.3. The van der Waals surface area contributed by atoms with Crippen molar-refractivity contribution in [3.05, 3.63) is 41.9 Å². The zero-order chi connectivity index (χ0) is 25.1. The second-order valence-electron chi connectivity index (χ2n) is 8.76. The monoisotopic (exact) mass is 486 g/mol. The topological polar surface area (TPSA) is 110 Å². The maximum absolute atomic E-state index is 12.6. The normalized spacial score (nSPS) is 19.9. The second kappa shape index (κ2) is 10.2. The van der Waals surface area contributed by atoms with Gasteiger partial charge < -0.3 is 24.1 Å². The number of carbonyl (C=O) groups excluding carboxylic acids is 1. The Balaban J connectivity index is 0.000000406. The van der Waals surface area contributed by atoms with E-state index in [1.54, 1.807) is 6.20 Å². The van der Waals surface area contributed by atoms with Crippen molar-refractivity contribution in [2.24, 2.45) is 0 Å². The SMILES string of the molecule is Cc1ccc(CN2CCC3(CC2)OC(C(=O)NC(C)C)Cn2ccnc23)o1.O=C(O)C(F)(F)F. The molecule has 2 N–H and O–H groups in total. The smallest absolute Gasteiger partial charge is 0.475 e. The summed E-state index contributed by atoms with van der Waals surface area (Å²) in [6.07, 6.45) is -0.174. The number of likely N-dealkylation sites (tertiary alicyclic amines) is 1. The van der Waals surface area contributed by atoms with Gasteiger partial charge in [0.1, 0.15) is 22.9 Å². The summed E-state index contributed by atoms with van der Waals surface area (Å²) in [4.78, 5) is 28.4. The number of halogens is 3. The summed E-state index contributed by atoms with van der Waals surface area (Å²) in [7, 11) is 0. The van der Waals surface area contributed by atoms with Gasteiger partial charge >= 0.3 is 12.1 Å². The summed E-state index contributed by atoms with van der Waals surface area (Å²) in [5.74, 6) is 0.0770. The van der Waals surface area contributed by atoms with Crippen molar-refractivity contribution >= 4 is 11.9 Å². The van der Waals surface area contributed by atoms with Crippen molar-refractivity contribution in [2.45, 2.75) is 70.6 Å². The molecular formula is C22H29F3N4O5. The molecule has 0 saturated carbocycles. The van der Waals surface area contributed by atoms with Gasteiger partial charge in [-0.1, -0.05) is 0 Å². The fourth-order valence-corrected chi connectivity index (χ4v) is 4.11. The average molecular weight is 486 g/mol. The van der Waals surface area contributed by atoms with Crippen LogP contribution in [0.4, 0.5) is 13.2 Å². The number of fused-ring (bicyclic) bond motifs is 2. The number of piperidine rings is 1. The van der Waals surface area contributed by atoms with Gasteiger partial charge in [0.15, 0.2) is 6.10 Å². The molecule has 2 aromatic rings. The lowest BCUT2D eigenvalue weighted by molar-refractivity contribution is -0.192. The molecule has 1 unspecified atom stereocenters. The number of carbonyl (C=O) groups is 2. The van der Waals surface area contributed by atoms with Crippen LogP contribution in [0, 0.1) is 6.92 Å². The maximum atomic E-state index is 12.6. The lowest BCUT2D eigenvalue weighted by Gasteiger charge is -2.45. The first-order valence-electron chi connectivity index (χ1n) is 11.0. The second-order valence-corrected chi connectivity index (χ2v) is 8.76. The summed E-state index contributed by atoms with van der Waals surface area (Å²) >= 11 is 0. The van der Waals surface area contributed by atoms with E-state index in [0.717, 1.165) is 49.8 Å². The molecule has 4 rings (SSSR count). The standard InChI is InChI=1S/C20H28N4O3.C2HF3O2/c1-14(2)22-18(25)17-13-24-11-8-21-19(24)20(27-17)6-9-23(10-7-20)12-16-5-4-15(3)26-16;3-2(4,5)1(6)7/h4-5,8,11,14,17H,6-7,9-10,12-13H2,1-3H3,(H,22,25);(H,6,7). The van der Waals surface area contributed by atoms with Gasteiger partial charge in [-0.3, -0.25) is 9.69 Å². The molecule has 1 atom stereocenters. The molecule has 1 fully saturated rings. The van der Waals surface area contributed by atoms with Crippen LogP contribution in [0.25, 0.3) is 0 Å². The van der Waals surface area contributed by atoms with E-state index in [2.05, 4.69) is 19.8 Å². The highest BCUT2D eigenvalue weighted by Crippen LogP contribution is 2.40. The van der Waals surface area contributed by atoms with Gasteiger partial charge in [-0.05, 0) is 45.7 Å². The number of imidazole rings is 1. The molecule has 9 nitrogen and oxygen atoms in total. The molecule has 12 heteroatoms. The molecule has 0 aliphatic carbocycles. The molecule has 1 saturated heterocycles. The van der Waals surface area contributed by atoms with Crippen LogP contribution in [-0.2, 0) is 33.0 Å². The van der Waals surface area contributed by atoms with E-state index in [1.165, 1.54) is 0 Å². The number of ether oxygens (including phenoxy) is 1. The molecule has 0 radical (unpaired) electrons. The molecule has 2 aliphatic heterocycles. The first-order chi connectivity index (χ1) is 15.9. The number of furan rings is 1. The molecule has 0 bridgehead atoms. The molecule has 34 heavy (non-hydrogen) atoms. The van der Waals surface area contributed by atoms with Crippen LogP contribution in [0.2, 0.25) is 0 Å². The predicted octanol–water partition coefficient (Wildman–Crippen LogP) is 2.83. The highest BCUT2D eigenvalue weighted by molar-refractivity contribution is 5.81. The molecule has 2 aromatic heterocycles. The number of aromatic nitrogens is 2. The number of hydrogen-bond acceptors (Lipinski definition) is 6. The number of carboxylic acid groups (broad SMARTS) is 1. The van der Waals surface area contributed by atoms with E-state index >= 15 is 0 Å². The third-order valence-electron chi connectivity index (χ3n) is 5.66. The summed E-state index contributed by atoms with van der Waals surface area (Å²) in [5, 5.41) is 10.1. The van der Waals surface area contributed by atoms with E-state index < -0.39 is 23.9 Å². The van der Waals surface area contributed by atoms with Crippen molar-refractivity contribution in [1.82, 2.24) is 19.8 Å². The van der Waals surface area contributed by atoms with Crippen LogP contribution in [0.1, 0.15) is 44.0 Å². The number of nitrogens with one attached hydrogen (secondary N) is 1. The fourth-order valence-electron chi connectivity index (χ4n) is 4.11. The van der Waals surface area contributed by atoms with Gasteiger partial charge in [-0.25, -0.2) is 9.78 Å². The van der Waals surface area contributed by atoms with E-state index in [0.29, 0.717) is 6.54 Å². The Labute approximate surface area is 194 Å². The first-order valence-corrected chi connectivity index (χ1v) is 11.0. The molecular weight excluding hydrogens is 457 g/mol. The third kappa shape index (κ3) is 6.17. The Hall–Kier alpha value is -2.86. The lowest BCUT2D eigenvalue weighted by Crippen LogP contribution is -2.54. The fraction of sp³-hybridized carbons (Fsp3) is 0.591. The van der Waals surface area contributed by atoms with Crippen molar-refractivity contribution in [2.75, 3.05) is 13.1 Å². The van der Waals surface area contributed by atoms with Crippen molar-refractivity contribution in [3.63, 3.8) is 0 Å². The van der Waals surface area contributed by atoms with E-state index in [1.807, 2.05) is 39.1 Å². The van der Waals surface area contributed by atoms with Gasteiger partial charge in [0.2, 0.25) is 0 Å². The Kier molecular flexibility index (Phi) is 7.71. The van der Waals surface area contributed by atoms with Gasteiger partial charge in [0.25, 0.3) is 5.91 Å². The van der Waals surface area contributed by atoms with Crippen LogP contribution < -0.4 is 5.32 Å². The Morgan fingerprint density at radius 3 is 2.47 bits per heavy atom. The summed E-state index contributed by atoms with van der Waals surface area (Å²) in [6.45, 7) is 8.98. The quantitative estimate of drug-likeness (QED) is 0.684. The van der Waals surface area contributed by atoms with Gasteiger partial charge in [0.05, 0.1) is 13.1 Å². The van der Waals surface area contributed by atoms with Gasteiger partial charge in [-0.15, -0.1) is 0 Å². The minimum atomic E-state index is -5.08. The zero-order valence-electron chi connectivity index (χ0n) is 19.3. The highest BCUT2D eigenvalue weighted by Gasteiger charge is 2.47. The number of nitrogens with zero attached hydrogens (tertiary/aromatic N) is 3. The highest BCUT2D eigenvalue weighted by atomic mass is 19.4.